The summed E-state index contributed by atoms with van der Waals surface area (Å²) < 4.78 is 1.25. The summed E-state index contributed by atoms with van der Waals surface area (Å²) in [5, 5.41) is 3.59. The van der Waals surface area contributed by atoms with Gasteiger partial charge in [-0.25, -0.2) is 0 Å². The minimum atomic E-state index is 0.602. The molecule has 0 saturated carbocycles. The van der Waals surface area contributed by atoms with Crippen LogP contribution in [0.4, 0.5) is 0 Å². The molecule has 3 atom stereocenters. The average molecular weight is 337 g/mol. The van der Waals surface area contributed by atoms with E-state index in [9.17, 15) is 0 Å². The van der Waals surface area contributed by atoms with Gasteiger partial charge in [0.1, 0.15) is 0 Å². The average Bonchev–Trinajstić information content (AvgIpc) is 2.67. The van der Waals surface area contributed by atoms with Crippen molar-refractivity contribution in [1.82, 2.24) is 10.2 Å². The quantitative estimate of drug-likeness (QED) is 0.905. The lowest BCUT2D eigenvalue weighted by molar-refractivity contribution is 0.114. The van der Waals surface area contributed by atoms with Gasteiger partial charge in [-0.15, -0.1) is 0 Å². The van der Waals surface area contributed by atoms with Gasteiger partial charge in [0.05, 0.1) is 0 Å². The first-order chi connectivity index (χ1) is 9.69. The van der Waals surface area contributed by atoms with Gasteiger partial charge >= 0.3 is 0 Å². The summed E-state index contributed by atoms with van der Waals surface area (Å²) in [7, 11) is 4.45. The number of piperidine rings is 1. The van der Waals surface area contributed by atoms with E-state index in [1.165, 1.54) is 35.7 Å². The van der Waals surface area contributed by atoms with Gasteiger partial charge in [0.15, 0.2) is 0 Å². The molecule has 3 rings (SSSR count). The third-order valence-electron chi connectivity index (χ3n) is 5.47. The highest BCUT2D eigenvalue weighted by Crippen LogP contribution is 2.39. The molecule has 2 nitrogen and oxygen atoms in total. The second-order valence-corrected chi connectivity index (χ2v) is 7.33. The van der Waals surface area contributed by atoms with E-state index in [1.807, 2.05) is 0 Å². The summed E-state index contributed by atoms with van der Waals surface area (Å²) in [6.07, 6.45) is 6.67. The predicted octanol–water partition coefficient (Wildman–Crippen LogP) is 3.45. The van der Waals surface area contributed by atoms with Crippen molar-refractivity contribution >= 4 is 15.9 Å². The minimum Gasteiger partial charge on any atom is -0.316 e. The van der Waals surface area contributed by atoms with E-state index < -0.39 is 0 Å². The summed E-state index contributed by atoms with van der Waals surface area (Å²) >= 11 is 3.69. The van der Waals surface area contributed by atoms with Crippen molar-refractivity contribution in [2.24, 2.45) is 5.92 Å². The molecule has 2 heterocycles. The molecule has 3 heteroatoms. The molecule has 0 amide bonds. The molecule has 0 aromatic heterocycles. The zero-order valence-electron chi connectivity index (χ0n) is 12.5. The molecule has 2 fully saturated rings. The van der Waals surface area contributed by atoms with Gasteiger partial charge in [-0.3, -0.25) is 0 Å². The highest BCUT2D eigenvalue weighted by atomic mass is 79.9. The van der Waals surface area contributed by atoms with Crippen molar-refractivity contribution in [3.8, 4) is 0 Å². The first-order valence-corrected chi connectivity index (χ1v) is 8.61. The van der Waals surface area contributed by atoms with Crippen LogP contribution in [0.3, 0.4) is 0 Å². The zero-order valence-corrected chi connectivity index (χ0v) is 14.1. The second kappa shape index (κ2) is 6.17. The summed E-state index contributed by atoms with van der Waals surface area (Å²) in [4.78, 5) is 2.63. The maximum Gasteiger partial charge on any atom is 0.0207 e. The van der Waals surface area contributed by atoms with E-state index in [4.69, 9.17) is 0 Å². The number of nitrogens with zero attached hydrogens (tertiary/aromatic N) is 1. The van der Waals surface area contributed by atoms with Crippen LogP contribution in [-0.4, -0.2) is 37.1 Å². The zero-order chi connectivity index (χ0) is 14.1. The SMILES string of the molecule is CNC(Cc1ccccc1Br)C1CC2CCC(C1)N2C. The first kappa shape index (κ1) is 14.6. The van der Waals surface area contributed by atoms with Crippen molar-refractivity contribution in [3.63, 3.8) is 0 Å². The van der Waals surface area contributed by atoms with Crippen LogP contribution in [0.2, 0.25) is 0 Å². The Morgan fingerprint density at radius 3 is 2.50 bits per heavy atom. The Kier molecular flexibility index (Phi) is 4.49. The first-order valence-electron chi connectivity index (χ1n) is 7.81. The van der Waals surface area contributed by atoms with Crippen LogP contribution < -0.4 is 5.32 Å². The van der Waals surface area contributed by atoms with Gasteiger partial charge in [-0.05, 0) is 63.7 Å². The van der Waals surface area contributed by atoms with Crippen molar-refractivity contribution in [3.05, 3.63) is 34.3 Å². The Labute approximate surface area is 131 Å². The number of benzene rings is 1. The van der Waals surface area contributed by atoms with Crippen molar-refractivity contribution < 1.29 is 0 Å². The Morgan fingerprint density at radius 1 is 1.25 bits per heavy atom. The summed E-state index contributed by atoms with van der Waals surface area (Å²) in [6.45, 7) is 0. The molecule has 0 aliphatic carbocycles. The van der Waals surface area contributed by atoms with E-state index in [0.29, 0.717) is 6.04 Å². The largest absolute Gasteiger partial charge is 0.316 e. The van der Waals surface area contributed by atoms with Crippen LogP contribution in [0.5, 0.6) is 0 Å². The normalized spacial score (nSPS) is 31.4. The van der Waals surface area contributed by atoms with Crippen molar-refractivity contribution in [1.29, 1.82) is 0 Å². The van der Waals surface area contributed by atoms with Crippen molar-refractivity contribution in [2.75, 3.05) is 14.1 Å². The van der Waals surface area contributed by atoms with Crippen LogP contribution in [0.15, 0.2) is 28.7 Å². The monoisotopic (exact) mass is 336 g/mol. The smallest absolute Gasteiger partial charge is 0.0207 e. The summed E-state index contributed by atoms with van der Waals surface area (Å²) in [5.41, 5.74) is 1.43. The Hall–Kier alpha value is -0.380. The molecular weight excluding hydrogens is 312 g/mol. The Bertz CT molecular complexity index is 448. The fraction of sp³-hybridized carbons (Fsp3) is 0.647. The molecule has 1 aromatic carbocycles. The van der Waals surface area contributed by atoms with Crippen LogP contribution in [0, 0.1) is 5.92 Å². The lowest BCUT2D eigenvalue weighted by atomic mass is 9.82. The fourth-order valence-corrected chi connectivity index (χ4v) is 4.63. The second-order valence-electron chi connectivity index (χ2n) is 6.47. The van der Waals surface area contributed by atoms with E-state index in [-0.39, 0.29) is 0 Å². The number of halogens is 1. The van der Waals surface area contributed by atoms with Gasteiger partial charge in [0, 0.05) is 22.6 Å². The number of rotatable bonds is 4. The van der Waals surface area contributed by atoms with Crippen LogP contribution >= 0.6 is 15.9 Å². The van der Waals surface area contributed by atoms with Crippen LogP contribution in [0.1, 0.15) is 31.2 Å². The molecule has 20 heavy (non-hydrogen) atoms. The molecule has 2 bridgehead atoms. The van der Waals surface area contributed by atoms with Gasteiger partial charge in [-0.1, -0.05) is 34.1 Å². The van der Waals surface area contributed by atoms with Crippen LogP contribution in [-0.2, 0) is 6.42 Å². The lowest BCUT2D eigenvalue weighted by Crippen LogP contribution is -2.47. The van der Waals surface area contributed by atoms with E-state index in [1.54, 1.807) is 0 Å². The van der Waals surface area contributed by atoms with E-state index in [2.05, 4.69) is 64.5 Å². The lowest BCUT2D eigenvalue weighted by Gasteiger charge is -2.40. The summed E-state index contributed by atoms with van der Waals surface area (Å²) in [5.74, 6) is 0.820. The molecule has 110 valence electrons. The molecule has 3 unspecified atom stereocenters. The molecule has 2 saturated heterocycles. The number of hydrogen-bond donors (Lipinski definition) is 1. The molecular formula is C17H25BrN2. The maximum atomic E-state index is 3.69. The Balaban J connectivity index is 1.70. The number of nitrogens with one attached hydrogen (secondary N) is 1. The molecule has 2 aliphatic rings. The maximum absolute atomic E-state index is 3.69. The molecule has 1 N–H and O–H groups in total. The van der Waals surface area contributed by atoms with E-state index >= 15 is 0 Å². The van der Waals surface area contributed by atoms with Gasteiger partial charge in [-0.2, -0.15) is 0 Å². The molecule has 1 aromatic rings. The minimum absolute atomic E-state index is 0.602. The Morgan fingerprint density at radius 2 is 1.90 bits per heavy atom. The van der Waals surface area contributed by atoms with Gasteiger partial charge in [0.25, 0.3) is 0 Å². The predicted molar refractivity (Wildman–Crippen MR) is 88.0 cm³/mol. The summed E-state index contributed by atoms with van der Waals surface area (Å²) in [6, 6.07) is 10.9. The third-order valence-corrected chi connectivity index (χ3v) is 6.25. The van der Waals surface area contributed by atoms with Gasteiger partial charge < -0.3 is 10.2 Å². The third kappa shape index (κ3) is 2.81. The standard InChI is InChI=1S/C17H25BrN2/c1-19-17(11-12-5-3-4-6-16(12)18)13-9-14-7-8-15(10-13)20(14)2/h3-6,13-15,17,19H,7-11H2,1-2H3. The van der Waals surface area contributed by atoms with Crippen molar-refractivity contribution in [2.45, 2.75) is 50.2 Å². The number of hydrogen-bond acceptors (Lipinski definition) is 2. The van der Waals surface area contributed by atoms with Crippen LogP contribution in [0.25, 0.3) is 0 Å². The fourth-order valence-electron chi connectivity index (χ4n) is 4.19. The highest BCUT2D eigenvalue weighted by Gasteiger charge is 2.40. The number of fused-ring (bicyclic) bond motifs is 2. The number of likely N-dealkylation sites (N-methyl/N-ethyl adjacent to an activating group) is 1. The van der Waals surface area contributed by atoms with Gasteiger partial charge in [0.2, 0.25) is 0 Å². The highest BCUT2D eigenvalue weighted by molar-refractivity contribution is 9.10. The molecule has 0 radical (unpaired) electrons. The van der Waals surface area contributed by atoms with E-state index in [0.717, 1.165) is 24.4 Å². The molecule has 0 spiro atoms. The topological polar surface area (TPSA) is 15.3 Å². The molecule has 2 aliphatic heterocycles.